The van der Waals surface area contributed by atoms with Gasteiger partial charge >= 0.3 is 6.03 Å². The van der Waals surface area contributed by atoms with Crippen molar-refractivity contribution in [2.75, 3.05) is 12.0 Å². The van der Waals surface area contributed by atoms with E-state index in [0.29, 0.717) is 22.8 Å². The van der Waals surface area contributed by atoms with Gasteiger partial charge in [-0.25, -0.2) is 9.69 Å². The Balaban J connectivity index is 1.71. The molecule has 1 heterocycles. The van der Waals surface area contributed by atoms with Gasteiger partial charge in [0.05, 0.1) is 12.8 Å². The van der Waals surface area contributed by atoms with Crippen LogP contribution in [0.15, 0.2) is 64.6 Å². The molecule has 1 aliphatic rings. The molecule has 1 N–H and O–H groups in total. The number of hydrogen-bond acceptors (Lipinski definition) is 4. The van der Waals surface area contributed by atoms with Gasteiger partial charge in [-0.05, 0) is 61.4 Å². The lowest BCUT2D eigenvalue weighted by Crippen LogP contribution is -2.54. The SMILES string of the molecule is COc1cc(/C=C2\C(=O)NC(=O)N(c3cccc(Cl)c3)C2=O)cc(Br)c1Cc1cc(C)cc(C)c1. The van der Waals surface area contributed by atoms with Crippen LogP contribution < -0.4 is 15.0 Å². The number of rotatable bonds is 5. The summed E-state index contributed by atoms with van der Waals surface area (Å²) in [4.78, 5) is 39.0. The molecule has 35 heavy (non-hydrogen) atoms. The Bertz CT molecular complexity index is 1380. The predicted molar refractivity (Wildman–Crippen MR) is 140 cm³/mol. The molecule has 4 rings (SSSR count). The Labute approximate surface area is 216 Å². The number of carbonyl (C=O) groups excluding carboxylic acids is 3. The first-order valence-corrected chi connectivity index (χ1v) is 11.9. The van der Waals surface area contributed by atoms with Crippen molar-refractivity contribution in [3.05, 3.63) is 97.5 Å². The zero-order valence-corrected chi connectivity index (χ0v) is 21.7. The first-order chi connectivity index (χ1) is 16.7. The highest BCUT2D eigenvalue weighted by atomic mass is 79.9. The Hall–Kier alpha value is -3.42. The van der Waals surface area contributed by atoms with E-state index in [1.165, 1.54) is 23.3 Å². The van der Waals surface area contributed by atoms with Crippen molar-refractivity contribution >= 4 is 57.1 Å². The van der Waals surface area contributed by atoms with E-state index >= 15 is 0 Å². The van der Waals surface area contributed by atoms with Crippen LogP contribution in [-0.4, -0.2) is 25.0 Å². The van der Waals surface area contributed by atoms with Crippen LogP contribution in [0.4, 0.5) is 10.5 Å². The zero-order valence-electron chi connectivity index (χ0n) is 19.3. The number of nitrogens with zero attached hydrogens (tertiary/aromatic N) is 1. The number of methoxy groups -OCH3 is 1. The number of hydrogen-bond donors (Lipinski definition) is 1. The van der Waals surface area contributed by atoms with Gasteiger partial charge in [0.2, 0.25) is 0 Å². The summed E-state index contributed by atoms with van der Waals surface area (Å²) in [5.74, 6) is -0.903. The topological polar surface area (TPSA) is 75.7 Å². The first kappa shape index (κ1) is 24.7. The van der Waals surface area contributed by atoms with E-state index in [0.717, 1.165) is 20.5 Å². The number of anilines is 1. The summed E-state index contributed by atoms with van der Waals surface area (Å²) in [6, 6.07) is 15.4. The highest BCUT2D eigenvalue weighted by molar-refractivity contribution is 9.10. The van der Waals surface area contributed by atoms with Gasteiger partial charge in [-0.3, -0.25) is 14.9 Å². The molecule has 6 nitrogen and oxygen atoms in total. The lowest BCUT2D eigenvalue weighted by atomic mass is 9.98. The molecule has 0 aromatic heterocycles. The Morgan fingerprint density at radius 3 is 2.40 bits per heavy atom. The molecule has 1 saturated heterocycles. The molecular weight excluding hydrogens is 532 g/mol. The zero-order chi connectivity index (χ0) is 25.3. The molecule has 0 radical (unpaired) electrons. The van der Waals surface area contributed by atoms with Gasteiger partial charge in [0, 0.05) is 21.5 Å². The molecule has 178 valence electrons. The van der Waals surface area contributed by atoms with E-state index in [2.05, 4.69) is 53.3 Å². The average molecular weight is 554 g/mol. The fourth-order valence-electron chi connectivity index (χ4n) is 4.12. The normalized spacial score (nSPS) is 14.9. The molecule has 8 heteroatoms. The molecule has 0 spiro atoms. The Morgan fingerprint density at radius 2 is 1.74 bits per heavy atom. The number of nitrogens with one attached hydrogen (secondary N) is 1. The third-order valence-corrected chi connectivity index (χ3v) is 6.48. The smallest absolute Gasteiger partial charge is 0.335 e. The monoisotopic (exact) mass is 552 g/mol. The van der Waals surface area contributed by atoms with Crippen molar-refractivity contribution in [3.8, 4) is 5.75 Å². The minimum Gasteiger partial charge on any atom is -0.496 e. The van der Waals surface area contributed by atoms with Crippen molar-refractivity contribution < 1.29 is 19.1 Å². The standard InChI is InChI=1S/C27H22BrClN2O4/c1-15-7-16(2)9-17(8-15)10-21-23(28)12-18(13-24(21)35-3)11-22-25(32)30-27(34)31(26(22)33)20-6-4-5-19(29)14-20/h4-9,11-14H,10H2,1-3H3,(H,30,32,34)/b22-11+. The second-order valence-electron chi connectivity index (χ2n) is 8.29. The van der Waals surface area contributed by atoms with Gasteiger partial charge in [-0.15, -0.1) is 0 Å². The number of ether oxygens (including phenoxy) is 1. The van der Waals surface area contributed by atoms with Crippen LogP contribution in [0.3, 0.4) is 0 Å². The van der Waals surface area contributed by atoms with Crippen molar-refractivity contribution in [1.82, 2.24) is 5.32 Å². The molecule has 0 atom stereocenters. The van der Waals surface area contributed by atoms with Crippen LogP contribution in [-0.2, 0) is 16.0 Å². The molecule has 3 aromatic carbocycles. The molecule has 0 saturated carbocycles. The highest BCUT2D eigenvalue weighted by Crippen LogP contribution is 2.33. The number of benzene rings is 3. The van der Waals surface area contributed by atoms with Gasteiger partial charge in [-0.2, -0.15) is 0 Å². The second kappa shape index (κ2) is 10.1. The van der Waals surface area contributed by atoms with E-state index in [9.17, 15) is 14.4 Å². The Morgan fingerprint density at radius 1 is 1.03 bits per heavy atom. The summed E-state index contributed by atoms with van der Waals surface area (Å²) >= 11 is 9.65. The number of carbonyl (C=O) groups is 3. The van der Waals surface area contributed by atoms with Crippen LogP contribution in [0.1, 0.15) is 27.8 Å². The van der Waals surface area contributed by atoms with Crippen LogP contribution in [0.5, 0.6) is 5.75 Å². The van der Waals surface area contributed by atoms with Gasteiger partial charge in [0.25, 0.3) is 11.8 Å². The minimum atomic E-state index is -0.832. The molecular formula is C27H22BrClN2O4. The number of aryl methyl sites for hydroxylation is 2. The van der Waals surface area contributed by atoms with Crippen LogP contribution in [0.25, 0.3) is 6.08 Å². The minimum absolute atomic E-state index is 0.180. The van der Waals surface area contributed by atoms with Gasteiger partial charge in [0.15, 0.2) is 0 Å². The summed E-state index contributed by atoms with van der Waals surface area (Å²) in [5.41, 5.74) is 5.09. The third-order valence-electron chi connectivity index (χ3n) is 5.54. The number of amides is 4. The lowest BCUT2D eigenvalue weighted by molar-refractivity contribution is -0.122. The predicted octanol–water partition coefficient (Wildman–Crippen LogP) is 5.99. The lowest BCUT2D eigenvalue weighted by Gasteiger charge is -2.26. The van der Waals surface area contributed by atoms with Crippen LogP contribution in [0, 0.1) is 13.8 Å². The largest absolute Gasteiger partial charge is 0.496 e. The molecule has 0 bridgehead atoms. The van der Waals surface area contributed by atoms with Crippen LogP contribution in [0.2, 0.25) is 5.02 Å². The molecule has 0 aliphatic carbocycles. The van der Waals surface area contributed by atoms with Crippen molar-refractivity contribution in [2.45, 2.75) is 20.3 Å². The van der Waals surface area contributed by atoms with Crippen LogP contribution >= 0.6 is 27.5 Å². The summed E-state index contributed by atoms with van der Waals surface area (Å²) in [5, 5.41) is 2.58. The number of imide groups is 2. The van der Waals surface area contributed by atoms with Crippen molar-refractivity contribution in [1.29, 1.82) is 0 Å². The molecule has 3 aromatic rings. The molecule has 1 aliphatic heterocycles. The maximum Gasteiger partial charge on any atom is 0.335 e. The Kier molecular flexibility index (Phi) is 7.10. The molecule has 0 unspecified atom stereocenters. The van der Waals surface area contributed by atoms with E-state index in [4.69, 9.17) is 16.3 Å². The quantitative estimate of drug-likeness (QED) is 0.311. The number of halogens is 2. The molecule has 4 amide bonds. The molecule has 1 fully saturated rings. The number of barbiturate groups is 1. The third kappa shape index (κ3) is 5.31. The van der Waals surface area contributed by atoms with Gasteiger partial charge < -0.3 is 4.74 Å². The summed E-state index contributed by atoms with van der Waals surface area (Å²) in [6.45, 7) is 4.11. The first-order valence-electron chi connectivity index (χ1n) is 10.8. The van der Waals surface area contributed by atoms with Gasteiger partial charge in [0.1, 0.15) is 11.3 Å². The fourth-order valence-corrected chi connectivity index (χ4v) is 4.90. The van der Waals surface area contributed by atoms with E-state index in [1.54, 1.807) is 31.4 Å². The van der Waals surface area contributed by atoms with Crippen molar-refractivity contribution in [3.63, 3.8) is 0 Å². The second-order valence-corrected chi connectivity index (χ2v) is 9.58. The fraction of sp³-hybridized carbons (Fsp3) is 0.148. The average Bonchev–Trinajstić information content (AvgIpc) is 2.77. The summed E-state index contributed by atoms with van der Waals surface area (Å²) in [7, 11) is 1.57. The van der Waals surface area contributed by atoms with E-state index < -0.39 is 17.8 Å². The highest BCUT2D eigenvalue weighted by Gasteiger charge is 2.37. The van der Waals surface area contributed by atoms with Crippen molar-refractivity contribution in [2.24, 2.45) is 0 Å². The summed E-state index contributed by atoms with van der Waals surface area (Å²) < 4.78 is 6.41. The van der Waals surface area contributed by atoms with E-state index in [-0.39, 0.29) is 11.3 Å². The number of urea groups is 1. The van der Waals surface area contributed by atoms with E-state index in [1.807, 2.05) is 6.07 Å². The maximum absolute atomic E-state index is 13.2. The van der Waals surface area contributed by atoms with Gasteiger partial charge in [-0.1, -0.05) is 62.9 Å². The maximum atomic E-state index is 13.2. The summed E-state index contributed by atoms with van der Waals surface area (Å²) in [6.07, 6.45) is 2.08.